The minimum Gasteiger partial charge on any atom is -0.492 e. The number of rotatable bonds is 7. The Bertz CT molecular complexity index is 1060. The fourth-order valence-electron chi connectivity index (χ4n) is 3.35. The van der Waals surface area contributed by atoms with E-state index in [9.17, 15) is 13.2 Å². The van der Waals surface area contributed by atoms with E-state index in [4.69, 9.17) is 21.1 Å². The molecule has 2 heterocycles. The minimum atomic E-state index is -4.73. The van der Waals surface area contributed by atoms with Crippen LogP contribution in [0.3, 0.4) is 0 Å². The van der Waals surface area contributed by atoms with E-state index >= 15 is 0 Å². The average Bonchev–Trinajstić information content (AvgIpc) is 2.77. The van der Waals surface area contributed by atoms with Crippen molar-refractivity contribution in [3.63, 3.8) is 0 Å². The molecule has 6 nitrogen and oxygen atoms in total. The zero-order valence-corrected chi connectivity index (χ0v) is 17.7. The predicted molar refractivity (Wildman–Crippen MR) is 116 cm³/mol. The molecule has 32 heavy (non-hydrogen) atoms. The van der Waals surface area contributed by atoms with Crippen molar-refractivity contribution in [2.45, 2.75) is 6.36 Å². The Morgan fingerprint density at radius 3 is 2.50 bits per heavy atom. The summed E-state index contributed by atoms with van der Waals surface area (Å²) in [6, 6.07) is 12.6. The van der Waals surface area contributed by atoms with E-state index in [0.717, 1.165) is 38.2 Å². The van der Waals surface area contributed by atoms with Gasteiger partial charge in [-0.2, -0.15) is 0 Å². The largest absolute Gasteiger partial charge is 0.573 e. The molecule has 1 N–H and O–H groups in total. The van der Waals surface area contributed by atoms with Crippen molar-refractivity contribution in [2.75, 3.05) is 44.8 Å². The third-order valence-corrected chi connectivity index (χ3v) is 5.20. The van der Waals surface area contributed by atoms with Gasteiger partial charge in [-0.1, -0.05) is 11.6 Å². The van der Waals surface area contributed by atoms with Gasteiger partial charge in [0.1, 0.15) is 23.9 Å². The smallest absolute Gasteiger partial charge is 0.492 e. The summed E-state index contributed by atoms with van der Waals surface area (Å²) in [4.78, 5) is 6.83. The summed E-state index contributed by atoms with van der Waals surface area (Å²) in [5.41, 5.74) is 1.12. The summed E-state index contributed by atoms with van der Waals surface area (Å²) in [5.74, 6) is 0.885. The van der Waals surface area contributed by atoms with Crippen LogP contribution in [-0.4, -0.2) is 55.7 Å². The van der Waals surface area contributed by atoms with Crippen LogP contribution in [0.4, 0.5) is 24.7 Å². The van der Waals surface area contributed by atoms with Crippen LogP contribution in [0, 0.1) is 0 Å². The lowest BCUT2D eigenvalue weighted by atomic mass is 10.2. The number of anilines is 2. The summed E-state index contributed by atoms with van der Waals surface area (Å²) in [7, 11) is 0. The Balaban J connectivity index is 1.44. The van der Waals surface area contributed by atoms with Gasteiger partial charge in [-0.3, -0.25) is 4.90 Å². The van der Waals surface area contributed by atoms with Crippen LogP contribution in [0.5, 0.6) is 11.5 Å². The molecular formula is C22H21ClF3N3O3. The third kappa shape index (κ3) is 5.93. The summed E-state index contributed by atoms with van der Waals surface area (Å²) >= 11 is 6.35. The number of hydrogen-bond acceptors (Lipinski definition) is 6. The number of fused-ring (bicyclic) bond motifs is 1. The second-order valence-electron chi connectivity index (χ2n) is 7.14. The summed E-state index contributed by atoms with van der Waals surface area (Å²) in [6.45, 7) is 4.59. The van der Waals surface area contributed by atoms with Crippen molar-refractivity contribution >= 4 is 34.0 Å². The molecule has 1 saturated heterocycles. The van der Waals surface area contributed by atoms with Crippen molar-refractivity contribution in [1.82, 2.24) is 9.88 Å². The maximum Gasteiger partial charge on any atom is 0.573 e. The molecule has 0 amide bonds. The lowest BCUT2D eigenvalue weighted by Crippen LogP contribution is -2.38. The third-order valence-electron chi connectivity index (χ3n) is 4.90. The Morgan fingerprint density at radius 1 is 1.03 bits per heavy atom. The lowest BCUT2D eigenvalue weighted by molar-refractivity contribution is -0.274. The molecule has 0 radical (unpaired) electrons. The molecule has 0 unspecified atom stereocenters. The molecular weight excluding hydrogens is 447 g/mol. The zero-order valence-electron chi connectivity index (χ0n) is 17.0. The van der Waals surface area contributed by atoms with Crippen molar-refractivity contribution in [3.8, 4) is 11.5 Å². The molecule has 0 atom stereocenters. The highest BCUT2D eigenvalue weighted by Gasteiger charge is 2.30. The number of aromatic nitrogens is 1. The van der Waals surface area contributed by atoms with E-state index in [-0.39, 0.29) is 5.75 Å². The van der Waals surface area contributed by atoms with Gasteiger partial charge in [0.15, 0.2) is 0 Å². The molecule has 1 fully saturated rings. The average molecular weight is 468 g/mol. The molecule has 1 aliphatic rings. The van der Waals surface area contributed by atoms with Crippen molar-refractivity contribution in [3.05, 3.63) is 53.6 Å². The fourth-order valence-corrected chi connectivity index (χ4v) is 3.56. The number of ether oxygens (including phenoxy) is 3. The fraction of sp³-hybridized carbons (Fsp3) is 0.318. The molecule has 2 aromatic carbocycles. The first-order valence-electron chi connectivity index (χ1n) is 10.0. The molecule has 0 saturated carbocycles. The zero-order chi connectivity index (χ0) is 22.6. The second kappa shape index (κ2) is 9.81. The topological polar surface area (TPSA) is 55.8 Å². The molecule has 0 aliphatic carbocycles. The van der Waals surface area contributed by atoms with Crippen LogP contribution < -0.4 is 14.8 Å². The molecule has 3 aromatic rings. The lowest BCUT2D eigenvalue weighted by Gasteiger charge is -2.26. The van der Waals surface area contributed by atoms with Gasteiger partial charge >= 0.3 is 6.36 Å². The minimum absolute atomic E-state index is 0.295. The molecule has 0 bridgehead atoms. The maximum absolute atomic E-state index is 12.3. The van der Waals surface area contributed by atoms with E-state index < -0.39 is 6.36 Å². The number of nitrogens with one attached hydrogen (secondary N) is 1. The van der Waals surface area contributed by atoms with Gasteiger partial charge < -0.3 is 19.5 Å². The summed E-state index contributed by atoms with van der Waals surface area (Å²) < 4.78 is 52.1. The van der Waals surface area contributed by atoms with Gasteiger partial charge in [0, 0.05) is 30.7 Å². The molecule has 4 rings (SSSR count). The SMILES string of the molecule is FC(F)(F)Oc1ccc(Nc2ccc3c(OCCN4CCOCC4)ccc(Cl)c3n2)cc1. The Kier molecular flexibility index (Phi) is 6.88. The first-order chi connectivity index (χ1) is 15.4. The predicted octanol–water partition coefficient (Wildman–Crippen LogP) is 5.24. The number of halogens is 4. The summed E-state index contributed by atoms with van der Waals surface area (Å²) in [5, 5.41) is 4.30. The number of hydrogen-bond donors (Lipinski definition) is 1. The van der Waals surface area contributed by atoms with Crippen LogP contribution in [0.25, 0.3) is 10.9 Å². The molecule has 1 aliphatic heterocycles. The Morgan fingerprint density at radius 2 is 1.78 bits per heavy atom. The number of nitrogens with zero attached hydrogens (tertiary/aromatic N) is 2. The van der Waals surface area contributed by atoms with E-state index in [2.05, 4.69) is 19.9 Å². The number of alkyl halides is 3. The Hall–Kier alpha value is -2.75. The number of pyridine rings is 1. The number of benzene rings is 2. The van der Waals surface area contributed by atoms with E-state index in [1.807, 2.05) is 12.1 Å². The van der Waals surface area contributed by atoms with E-state index in [1.54, 1.807) is 12.1 Å². The monoisotopic (exact) mass is 467 g/mol. The van der Waals surface area contributed by atoms with Crippen LogP contribution in [0.2, 0.25) is 5.02 Å². The van der Waals surface area contributed by atoms with Gasteiger partial charge in [-0.15, -0.1) is 13.2 Å². The van der Waals surface area contributed by atoms with Gasteiger partial charge in [-0.05, 0) is 48.5 Å². The maximum atomic E-state index is 12.3. The first kappa shape index (κ1) is 22.4. The quantitative estimate of drug-likeness (QED) is 0.513. The first-order valence-corrected chi connectivity index (χ1v) is 10.4. The van der Waals surface area contributed by atoms with E-state index in [0.29, 0.717) is 34.4 Å². The Labute approximate surface area is 187 Å². The van der Waals surface area contributed by atoms with Gasteiger partial charge in [0.2, 0.25) is 0 Å². The molecule has 1 aromatic heterocycles. The van der Waals surface area contributed by atoms with Gasteiger partial charge in [-0.25, -0.2) is 4.98 Å². The van der Waals surface area contributed by atoms with Crippen LogP contribution in [0.15, 0.2) is 48.5 Å². The second-order valence-corrected chi connectivity index (χ2v) is 7.55. The van der Waals surface area contributed by atoms with Gasteiger partial charge in [0.25, 0.3) is 0 Å². The van der Waals surface area contributed by atoms with Crippen molar-refractivity contribution in [1.29, 1.82) is 0 Å². The normalized spacial score (nSPS) is 15.0. The van der Waals surface area contributed by atoms with Crippen LogP contribution in [0.1, 0.15) is 0 Å². The van der Waals surface area contributed by atoms with Crippen LogP contribution >= 0.6 is 11.6 Å². The number of morpholine rings is 1. The van der Waals surface area contributed by atoms with Crippen LogP contribution in [-0.2, 0) is 4.74 Å². The van der Waals surface area contributed by atoms with Gasteiger partial charge in [0.05, 0.1) is 23.8 Å². The summed E-state index contributed by atoms with van der Waals surface area (Å²) in [6.07, 6.45) is -4.73. The molecule has 170 valence electrons. The van der Waals surface area contributed by atoms with Crippen molar-refractivity contribution < 1.29 is 27.4 Å². The highest BCUT2D eigenvalue weighted by atomic mass is 35.5. The molecule has 10 heteroatoms. The molecule has 0 spiro atoms. The highest BCUT2D eigenvalue weighted by molar-refractivity contribution is 6.35. The van der Waals surface area contributed by atoms with Crippen molar-refractivity contribution in [2.24, 2.45) is 0 Å². The van der Waals surface area contributed by atoms with E-state index in [1.165, 1.54) is 24.3 Å². The highest BCUT2D eigenvalue weighted by Crippen LogP contribution is 2.32. The standard InChI is InChI=1S/C22H21ClF3N3O3/c23-18-6-7-19(31-14-11-29-9-12-30-13-10-29)17-5-8-20(28-21(17)18)27-15-1-3-16(4-2-15)32-22(24,25)26/h1-8H,9-14H2,(H,27,28).